The number of rotatable bonds is 1. The Morgan fingerprint density at radius 3 is 2.42 bits per heavy atom. The van der Waals surface area contributed by atoms with Crippen LogP contribution < -0.4 is 5.30 Å². The van der Waals surface area contributed by atoms with Crippen molar-refractivity contribution < 1.29 is 0 Å². The third kappa shape index (κ3) is 1.98. The summed E-state index contributed by atoms with van der Waals surface area (Å²) in [6, 6.07) is 10.8. The molecule has 0 fully saturated rings. The molecule has 0 aliphatic carbocycles. The lowest BCUT2D eigenvalue weighted by Crippen LogP contribution is -1.97. The van der Waals surface area contributed by atoms with Gasteiger partial charge in [-0.25, -0.2) is 0 Å². The zero-order chi connectivity index (χ0) is 7.52. The maximum absolute atomic E-state index is 2.38. The van der Waals surface area contributed by atoms with Crippen LogP contribution in [-0.2, 0) is 0 Å². The van der Waals surface area contributed by atoms with E-state index in [9.17, 15) is 0 Å². The van der Waals surface area contributed by atoms with Crippen molar-refractivity contribution >= 4 is 21.6 Å². The number of hydrogen-bond acceptors (Lipinski definition) is 0. The van der Waals surface area contributed by atoms with Gasteiger partial charge in [-0.15, -0.1) is 0 Å². The predicted octanol–water partition coefficient (Wildman–Crippen LogP) is 2.33. The largest absolute Gasteiger partial charge is 0.0834 e. The van der Waals surface area contributed by atoms with Gasteiger partial charge in [0.25, 0.3) is 0 Å². The Morgan fingerprint density at radius 1 is 1.08 bits per heavy atom. The normalized spacial score (nSPS) is 20.5. The summed E-state index contributed by atoms with van der Waals surface area (Å²) in [6.07, 6.45) is 4.94. The molecule has 2 heteroatoms. The van der Waals surface area contributed by atoms with Gasteiger partial charge in [-0.1, -0.05) is 50.1 Å². The Bertz CT molecular complexity index is 256. The molecule has 3 radical (unpaired) electrons. The van der Waals surface area contributed by atoms with Crippen LogP contribution in [0.1, 0.15) is 6.42 Å². The van der Waals surface area contributed by atoms with Crippen LogP contribution in [0.15, 0.2) is 42.2 Å². The van der Waals surface area contributed by atoms with Crippen molar-refractivity contribution in [2.24, 2.45) is 0 Å². The summed E-state index contributed by atoms with van der Waals surface area (Å²) in [5.41, 5.74) is 0. The summed E-state index contributed by atoms with van der Waals surface area (Å²) in [4.78, 5) is 0. The van der Waals surface area contributed by atoms with Gasteiger partial charge in [0.05, 0.1) is 0 Å². The van der Waals surface area contributed by atoms with Gasteiger partial charge in [-0.3, -0.25) is 0 Å². The summed E-state index contributed by atoms with van der Waals surface area (Å²) in [5, 5.41) is 1.52. The summed E-state index contributed by atoms with van der Waals surface area (Å²) in [7, 11) is 0.0792. The van der Waals surface area contributed by atoms with Crippen LogP contribution in [-0.4, -0.2) is 14.6 Å². The van der Waals surface area contributed by atoms with Crippen LogP contribution in [0, 0.1) is 0 Å². The highest BCUT2D eigenvalue weighted by atomic mass is 31.1. The van der Waals surface area contributed by atoms with E-state index in [1.165, 1.54) is 17.9 Å². The zero-order valence-corrected chi connectivity index (χ0v) is 7.87. The fourth-order valence-corrected chi connectivity index (χ4v) is 3.29. The van der Waals surface area contributed by atoms with Crippen LogP contribution in [0.4, 0.5) is 0 Å². The average Bonchev–Trinajstić information content (AvgIpc) is 2.58. The first-order chi connectivity index (χ1) is 5.47. The lowest BCUT2D eigenvalue weighted by atomic mass is 10.4. The molecule has 1 aliphatic heterocycles. The van der Waals surface area contributed by atoms with Crippen LogP contribution in [0.3, 0.4) is 0 Å². The molecular weight excluding hydrogens is 162 g/mol. The first kappa shape index (κ1) is 9.54. The van der Waals surface area contributed by atoms with Crippen molar-refractivity contribution in [3.8, 4) is 0 Å². The molecule has 0 bridgehead atoms. The molecule has 1 aromatic carbocycles. The maximum atomic E-state index is 2.38. The fraction of sp³-hybridized carbons (Fsp3) is 0.200. The van der Waals surface area contributed by atoms with Gasteiger partial charge in [0.2, 0.25) is 0 Å². The van der Waals surface area contributed by atoms with Gasteiger partial charge in [0.1, 0.15) is 0 Å². The molecule has 1 aromatic rings. The SMILES string of the molecule is C1=C[P@](c2ccccc2)CC1.[B]. The Morgan fingerprint density at radius 2 is 1.83 bits per heavy atom. The molecule has 0 amide bonds. The molecule has 1 atom stereocenters. The molecule has 0 saturated carbocycles. The molecule has 1 aliphatic rings. The minimum absolute atomic E-state index is 0. The van der Waals surface area contributed by atoms with Gasteiger partial charge in [0.15, 0.2) is 0 Å². The molecule has 0 saturated heterocycles. The molecule has 0 N–H and O–H groups in total. The van der Waals surface area contributed by atoms with Gasteiger partial charge < -0.3 is 0 Å². The second-order valence-corrected chi connectivity index (χ2v) is 4.90. The highest BCUT2D eigenvalue weighted by Crippen LogP contribution is 2.41. The van der Waals surface area contributed by atoms with E-state index in [0.29, 0.717) is 0 Å². The molecule has 0 aromatic heterocycles. The lowest BCUT2D eigenvalue weighted by molar-refractivity contribution is 1.27. The van der Waals surface area contributed by atoms with Crippen molar-refractivity contribution in [2.75, 3.05) is 6.16 Å². The second kappa shape index (κ2) is 4.47. The Balaban J connectivity index is 0.000000720. The first-order valence-corrected chi connectivity index (χ1v) is 5.55. The van der Waals surface area contributed by atoms with Crippen LogP contribution >= 0.6 is 7.92 Å². The predicted molar refractivity (Wildman–Crippen MR) is 57.4 cm³/mol. The van der Waals surface area contributed by atoms with Crippen molar-refractivity contribution in [1.82, 2.24) is 0 Å². The summed E-state index contributed by atoms with van der Waals surface area (Å²) < 4.78 is 0. The molecule has 12 heavy (non-hydrogen) atoms. The molecule has 2 rings (SSSR count). The summed E-state index contributed by atoms with van der Waals surface area (Å²) in [6.45, 7) is 0. The Kier molecular flexibility index (Phi) is 3.56. The van der Waals surface area contributed by atoms with E-state index < -0.39 is 0 Å². The Labute approximate surface area is 77.0 Å². The maximum Gasteiger partial charge on any atom is 0 e. The quantitative estimate of drug-likeness (QED) is 0.451. The standard InChI is InChI=1S/C10H11P.B/c1-2-6-10(7-3-1)11-8-4-5-9-11;/h1-4,6-8H,5,9H2;/t11-;/m0./s1. The number of allylic oxidation sites excluding steroid dienone is 1. The molecule has 0 spiro atoms. The van der Waals surface area contributed by atoms with E-state index in [1.54, 1.807) is 0 Å². The van der Waals surface area contributed by atoms with Crippen LogP contribution in [0.25, 0.3) is 0 Å². The molecular formula is C10H11BP. The average molecular weight is 173 g/mol. The first-order valence-electron chi connectivity index (χ1n) is 3.95. The van der Waals surface area contributed by atoms with E-state index in [4.69, 9.17) is 0 Å². The van der Waals surface area contributed by atoms with Crippen molar-refractivity contribution in [2.45, 2.75) is 6.42 Å². The minimum Gasteiger partial charge on any atom is -0.0834 e. The minimum atomic E-state index is 0. The fourth-order valence-electron chi connectivity index (χ4n) is 1.32. The van der Waals surface area contributed by atoms with Crippen molar-refractivity contribution in [3.63, 3.8) is 0 Å². The van der Waals surface area contributed by atoms with E-state index >= 15 is 0 Å². The van der Waals surface area contributed by atoms with Crippen molar-refractivity contribution in [1.29, 1.82) is 0 Å². The van der Waals surface area contributed by atoms with Gasteiger partial charge in [0, 0.05) is 8.41 Å². The zero-order valence-electron chi connectivity index (χ0n) is 6.98. The molecule has 59 valence electrons. The molecule has 1 heterocycles. The highest BCUT2D eigenvalue weighted by molar-refractivity contribution is 7.68. The highest BCUT2D eigenvalue weighted by Gasteiger charge is 2.09. The topological polar surface area (TPSA) is 0 Å². The summed E-state index contributed by atoms with van der Waals surface area (Å²) >= 11 is 0. The smallest absolute Gasteiger partial charge is 0 e. The van der Waals surface area contributed by atoms with Crippen LogP contribution in [0.2, 0.25) is 0 Å². The van der Waals surface area contributed by atoms with E-state index in [0.717, 1.165) is 0 Å². The molecule has 0 nitrogen and oxygen atoms in total. The van der Waals surface area contributed by atoms with E-state index in [1.807, 2.05) is 0 Å². The van der Waals surface area contributed by atoms with Gasteiger partial charge >= 0.3 is 0 Å². The van der Waals surface area contributed by atoms with Crippen LogP contribution in [0.5, 0.6) is 0 Å². The monoisotopic (exact) mass is 173 g/mol. The lowest BCUT2D eigenvalue weighted by Gasteiger charge is -2.06. The number of benzene rings is 1. The van der Waals surface area contributed by atoms with Gasteiger partial charge in [-0.05, 0) is 17.9 Å². The van der Waals surface area contributed by atoms with E-state index in [-0.39, 0.29) is 16.3 Å². The number of hydrogen-bond donors (Lipinski definition) is 0. The Hall–Kier alpha value is -0.545. The summed E-state index contributed by atoms with van der Waals surface area (Å²) in [5.74, 6) is 2.38. The molecule has 0 unspecified atom stereocenters. The van der Waals surface area contributed by atoms with Gasteiger partial charge in [-0.2, -0.15) is 0 Å². The van der Waals surface area contributed by atoms with E-state index in [2.05, 4.69) is 42.2 Å². The third-order valence-corrected chi connectivity index (χ3v) is 4.18. The second-order valence-electron chi connectivity index (χ2n) is 2.70. The van der Waals surface area contributed by atoms with Crippen molar-refractivity contribution in [3.05, 3.63) is 42.2 Å². The third-order valence-electron chi connectivity index (χ3n) is 1.91.